The molecular formula is C45H60Cl2O6. The molecule has 2 aromatic rings. The van der Waals surface area contributed by atoms with Crippen LogP contribution in [0.5, 0.6) is 11.5 Å². The maximum atomic E-state index is 12.0. The Labute approximate surface area is 326 Å². The first-order valence-corrected chi connectivity index (χ1v) is 21.0. The van der Waals surface area contributed by atoms with Gasteiger partial charge in [-0.25, -0.2) is 9.59 Å². The molecule has 0 aromatic heterocycles. The lowest BCUT2D eigenvalue weighted by Gasteiger charge is -2.61. The van der Waals surface area contributed by atoms with Gasteiger partial charge in [0, 0.05) is 0 Å². The quantitative estimate of drug-likeness (QED) is 0.171. The average Bonchev–Trinajstić information content (AvgIpc) is 3.46. The highest BCUT2D eigenvalue weighted by molar-refractivity contribution is 6.33. The number of aromatic hydroxyl groups is 2. The molecule has 53 heavy (non-hydrogen) atoms. The summed E-state index contributed by atoms with van der Waals surface area (Å²) in [5, 5.41) is 40.0. The van der Waals surface area contributed by atoms with Crippen molar-refractivity contribution in [3.63, 3.8) is 0 Å². The van der Waals surface area contributed by atoms with Gasteiger partial charge in [0.1, 0.15) is 22.6 Å². The van der Waals surface area contributed by atoms with E-state index in [0.29, 0.717) is 39.9 Å². The minimum atomic E-state index is -1.33. The van der Waals surface area contributed by atoms with E-state index in [-0.39, 0.29) is 21.2 Å². The van der Waals surface area contributed by atoms with Gasteiger partial charge in [-0.3, -0.25) is 0 Å². The molecule has 0 saturated heterocycles. The molecule has 6 unspecified atom stereocenters. The van der Waals surface area contributed by atoms with Gasteiger partial charge in [0.15, 0.2) is 0 Å². The lowest BCUT2D eigenvalue weighted by Crippen LogP contribution is -2.53. The van der Waals surface area contributed by atoms with Crippen LogP contribution in [-0.4, -0.2) is 32.4 Å². The van der Waals surface area contributed by atoms with E-state index in [4.69, 9.17) is 23.2 Å². The van der Waals surface area contributed by atoms with Crippen molar-refractivity contribution in [2.45, 2.75) is 125 Å². The van der Waals surface area contributed by atoms with Crippen LogP contribution in [0.15, 0.2) is 30.3 Å². The normalized spacial score (nSPS) is 31.3. The number of carbonyl (C=O) groups is 2. The molecular weight excluding hydrogens is 707 g/mol. The Morgan fingerprint density at radius 2 is 1.38 bits per heavy atom. The van der Waals surface area contributed by atoms with Gasteiger partial charge >= 0.3 is 11.9 Å². The number of aromatic carboxylic acids is 2. The predicted octanol–water partition coefficient (Wildman–Crippen LogP) is 12.8. The maximum absolute atomic E-state index is 12.0. The number of rotatable bonds is 12. The lowest BCUT2D eigenvalue weighted by atomic mass is 9.44. The zero-order valence-electron chi connectivity index (χ0n) is 32.3. The number of phenols is 2. The van der Waals surface area contributed by atoms with E-state index in [9.17, 15) is 30.0 Å². The second-order valence-corrected chi connectivity index (χ2v) is 19.2. The first-order chi connectivity index (χ1) is 25.0. The van der Waals surface area contributed by atoms with Crippen molar-refractivity contribution >= 4 is 40.7 Å². The molecule has 0 aliphatic heterocycles. The Hall–Kier alpha value is -2.70. The van der Waals surface area contributed by atoms with E-state index < -0.39 is 23.4 Å². The zero-order chi connectivity index (χ0) is 38.4. The van der Waals surface area contributed by atoms with Crippen molar-refractivity contribution in [3.05, 3.63) is 62.6 Å². The van der Waals surface area contributed by atoms with Gasteiger partial charge in [-0.15, -0.1) is 0 Å². The van der Waals surface area contributed by atoms with Gasteiger partial charge in [-0.05, 0) is 170 Å². The summed E-state index contributed by atoms with van der Waals surface area (Å²) in [6.45, 7) is 12.6. The molecule has 4 N–H and O–H groups in total. The molecule has 2 aromatic carbocycles. The van der Waals surface area contributed by atoms with Gasteiger partial charge in [0.05, 0.1) is 10.0 Å². The molecule has 290 valence electrons. The van der Waals surface area contributed by atoms with Crippen LogP contribution < -0.4 is 0 Å². The Bertz CT molecular complexity index is 1660. The van der Waals surface area contributed by atoms with Crippen LogP contribution in [-0.2, 0) is 0 Å². The summed E-state index contributed by atoms with van der Waals surface area (Å²) in [5.74, 6) is 2.64. The fourth-order valence-electron chi connectivity index (χ4n) is 12.3. The molecule has 4 aliphatic carbocycles. The number of fused-ring (bicyclic) bond motifs is 5. The van der Waals surface area contributed by atoms with Crippen LogP contribution in [0.25, 0.3) is 5.57 Å². The molecule has 4 fully saturated rings. The van der Waals surface area contributed by atoms with E-state index in [1.807, 2.05) is 6.08 Å². The molecule has 0 spiro atoms. The Kier molecular flexibility index (Phi) is 11.9. The second-order valence-electron chi connectivity index (χ2n) is 18.3. The van der Waals surface area contributed by atoms with Crippen LogP contribution in [0.3, 0.4) is 0 Å². The number of carboxylic acid groups (broad SMARTS) is 2. The fraction of sp³-hybridized carbons (Fsp3) is 0.644. The standard InChI is InChI=1S/C45H60Cl2O6/c1-25(2)8-6-9-26(3)35-14-15-36-32-13-12-30-20-27(16-18-44(30,4)37(32)17-19-45(35,36)5)10-7-11-31(28-21-33(42(50)51)40(48)38(46)23-28)29-22-34(43(52)53)41(49)39(47)24-29/h11,21-27,30,32,35-37,48-49H,6-10,12-20H2,1-5H3,(H,50,51)(H,52,53)/t26?,27?,30?,32?,35-,36?,37?,44+,45-/m1/s1. The monoisotopic (exact) mass is 766 g/mol. The number of hydrogen-bond donors (Lipinski definition) is 4. The SMILES string of the molecule is CC(C)CCCC(C)[C@H]1CCC2C3CCC4CC(CCC=C(c5cc(Cl)c(O)c(C(=O)O)c5)c5cc(Cl)c(O)c(C(=O)O)c5)CC[C@]4(C)C3CC[C@@]21C. The maximum Gasteiger partial charge on any atom is 0.339 e. The molecule has 8 heteroatoms. The largest absolute Gasteiger partial charge is 0.505 e. The number of hydrogen-bond acceptors (Lipinski definition) is 4. The van der Waals surface area contributed by atoms with E-state index in [0.717, 1.165) is 47.8 Å². The molecule has 4 saturated carbocycles. The van der Waals surface area contributed by atoms with Crippen molar-refractivity contribution < 1.29 is 30.0 Å². The van der Waals surface area contributed by atoms with Gasteiger partial charge in [0.2, 0.25) is 0 Å². The summed E-state index contributed by atoms with van der Waals surface area (Å²) in [5.41, 5.74) is 1.58. The summed E-state index contributed by atoms with van der Waals surface area (Å²) < 4.78 is 0. The van der Waals surface area contributed by atoms with Crippen molar-refractivity contribution in [2.75, 3.05) is 0 Å². The lowest BCUT2D eigenvalue weighted by molar-refractivity contribution is -0.121. The van der Waals surface area contributed by atoms with Gasteiger partial charge in [-0.2, -0.15) is 0 Å². The minimum Gasteiger partial charge on any atom is -0.505 e. The summed E-state index contributed by atoms with van der Waals surface area (Å²) in [7, 11) is 0. The van der Waals surface area contributed by atoms with Crippen molar-refractivity contribution in [3.8, 4) is 11.5 Å². The Balaban J connectivity index is 1.17. The second kappa shape index (κ2) is 15.8. The van der Waals surface area contributed by atoms with Crippen LogP contribution >= 0.6 is 23.2 Å². The molecule has 0 amide bonds. The number of benzene rings is 2. The molecule has 0 heterocycles. The molecule has 4 aliphatic rings. The van der Waals surface area contributed by atoms with Crippen LogP contribution in [0.4, 0.5) is 0 Å². The predicted molar refractivity (Wildman–Crippen MR) is 213 cm³/mol. The van der Waals surface area contributed by atoms with Gasteiger partial charge < -0.3 is 20.4 Å². The molecule has 0 bridgehead atoms. The van der Waals surface area contributed by atoms with Crippen LogP contribution in [0.2, 0.25) is 10.0 Å². The topological polar surface area (TPSA) is 115 Å². The molecule has 0 radical (unpaired) electrons. The zero-order valence-corrected chi connectivity index (χ0v) is 33.8. The first kappa shape index (κ1) is 40.0. The van der Waals surface area contributed by atoms with Crippen LogP contribution in [0.1, 0.15) is 156 Å². The average molecular weight is 768 g/mol. The van der Waals surface area contributed by atoms with Gasteiger partial charge in [-0.1, -0.05) is 83.2 Å². The smallest absolute Gasteiger partial charge is 0.339 e. The Morgan fingerprint density at radius 1 is 0.792 bits per heavy atom. The number of halogens is 2. The highest BCUT2D eigenvalue weighted by Gasteiger charge is 2.60. The summed E-state index contributed by atoms with van der Waals surface area (Å²) >= 11 is 12.6. The van der Waals surface area contributed by atoms with E-state index in [2.05, 4.69) is 34.6 Å². The number of allylic oxidation sites excluding steroid dienone is 1. The summed E-state index contributed by atoms with van der Waals surface area (Å²) in [4.78, 5) is 23.9. The molecule has 6 rings (SSSR count). The third-order valence-electron chi connectivity index (χ3n) is 15.1. The third-order valence-corrected chi connectivity index (χ3v) is 15.7. The fourth-order valence-corrected chi connectivity index (χ4v) is 12.8. The van der Waals surface area contributed by atoms with Gasteiger partial charge in [0.25, 0.3) is 0 Å². The highest BCUT2D eigenvalue weighted by atomic mass is 35.5. The van der Waals surface area contributed by atoms with Crippen molar-refractivity contribution in [1.29, 1.82) is 0 Å². The van der Waals surface area contributed by atoms with Crippen LogP contribution in [0, 0.1) is 58.2 Å². The number of carboxylic acids is 2. The molecule has 6 nitrogen and oxygen atoms in total. The van der Waals surface area contributed by atoms with E-state index in [1.54, 1.807) is 0 Å². The third kappa shape index (κ3) is 7.75. The Morgan fingerprint density at radius 3 is 1.96 bits per heavy atom. The summed E-state index contributed by atoms with van der Waals surface area (Å²) in [6.07, 6.45) is 19.8. The minimum absolute atomic E-state index is 0.122. The van der Waals surface area contributed by atoms with E-state index >= 15 is 0 Å². The van der Waals surface area contributed by atoms with E-state index in [1.165, 1.54) is 101 Å². The highest BCUT2D eigenvalue weighted by Crippen LogP contribution is 2.69. The van der Waals surface area contributed by atoms with Crippen molar-refractivity contribution in [1.82, 2.24) is 0 Å². The van der Waals surface area contributed by atoms with Crippen molar-refractivity contribution in [2.24, 2.45) is 58.2 Å². The first-order valence-electron chi connectivity index (χ1n) is 20.3. The summed E-state index contributed by atoms with van der Waals surface area (Å²) in [6, 6.07) is 5.65. The molecule has 9 atom stereocenters.